The maximum Gasteiger partial charge on any atom is 0.220 e. The number of aliphatic hydroxyl groups excluding tert-OH is 1. The van der Waals surface area contributed by atoms with Gasteiger partial charge in [-0.2, -0.15) is 0 Å². The average molecular weight is 315 g/mol. The van der Waals surface area contributed by atoms with Gasteiger partial charge in [0.15, 0.2) is 0 Å². The Bertz CT molecular complexity index is 540. The van der Waals surface area contributed by atoms with Crippen molar-refractivity contribution >= 4 is 5.91 Å². The van der Waals surface area contributed by atoms with Crippen LogP contribution in [0.1, 0.15) is 51.2 Å². The number of aryl methyl sites for hydroxylation is 1. The van der Waals surface area contributed by atoms with Crippen molar-refractivity contribution < 1.29 is 9.90 Å². The van der Waals surface area contributed by atoms with Gasteiger partial charge in [0.2, 0.25) is 5.91 Å². The molecule has 126 valence electrons. The first-order valence-electron chi connectivity index (χ1n) is 8.56. The van der Waals surface area contributed by atoms with Gasteiger partial charge in [-0.05, 0) is 35.8 Å². The van der Waals surface area contributed by atoms with E-state index < -0.39 is 0 Å². The Balaban J connectivity index is 1.70. The van der Waals surface area contributed by atoms with Gasteiger partial charge in [-0.1, -0.05) is 57.2 Å². The van der Waals surface area contributed by atoms with Crippen LogP contribution in [-0.4, -0.2) is 23.7 Å². The summed E-state index contributed by atoms with van der Waals surface area (Å²) in [5.74, 6) is 0.297. The van der Waals surface area contributed by atoms with Crippen molar-refractivity contribution in [1.29, 1.82) is 0 Å². The molecule has 3 nitrogen and oxygen atoms in total. The number of benzene rings is 1. The second-order valence-corrected chi connectivity index (χ2v) is 7.54. The number of hydrogen-bond donors (Lipinski definition) is 2. The minimum absolute atomic E-state index is 0.0886. The number of carbonyl (C=O) groups excluding carboxylic acids is 1. The molecule has 23 heavy (non-hydrogen) atoms. The van der Waals surface area contributed by atoms with Crippen LogP contribution in [0.25, 0.3) is 0 Å². The van der Waals surface area contributed by atoms with Gasteiger partial charge in [0.05, 0.1) is 0 Å². The lowest BCUT2D eigenvalue weighted by Crippen LogP contribution is -2.32. The zero-order valence-corrected chi connectivity index (χ0v) is 14.5. The van der Waals surface area contributed by atoms with Gasteiger partial charge < -0.3 is 10.4 Å². The van der Waals surface area contributed by atoms with E-state index in [1.807, 2.05) is 12.2 Å². The normalized spacial score (nSPS) is 20.7. The molecule has 0 aromatic heterocycles. The van der Waals surface area contributed by atoms with E-state index in [9.17, 15) is 4.79 Å². The molecule has 0 fully saturated rings. The molecule has 0 spiro atoms. The number of rotatable bonds is 6. The van der Waals surface area contributed by atoms with E-state index >= 15 is 0 Å². The number of nitrogens with one attached hydrogen (secondary N) is 1. The molecule has 0 saturated heterocycles. The molecule has 3 heteroatoms. The fourth-order valence-electron chi connectivity index (χ4n) is 2.92. The van der Waals surface area contributed by atoms with Crippen LogP contribution in [0.2, 0.25) is 0 Å². The lowest BCUT2D eigenvalue weighted by Gasteiger charge is -2.19. The number of aliphatic hydroxyl groups is 1. The highest BCUT2D eigenvalue weighted by atomic mass is 16.3. The van der Waals surface area contributed by atoms with Crippen molar-refractivity contribution in [2.75, 3.05) is 6.61 Å². The Morgan fingerprint density at radius 3 is 2.48 bits per heavy atom. The van der Waals surface area contributed by atoms with Crippen molar-refractivity contribution in [2.24, 2.45) is 5.92 Å². The summed E-state index contributed by atoms with van der Waals surface area (Å²) in [4.78, 5) is 12.0. The smallest absolute Gasteiger partial charge is 0.220 e. The van der Waals surface area contributed by atoms with Crippen LogP contribution in [-0.2, 0) is 16.6 Å². The van der Waals surface area contributed by atoms with E-state index in [2.05, 4.69) is 50.4 Å². The van der Waals surface area contributed by atoms with Gasteiger partial charge >= 0.3 is 0 Å². The van der Waals surface area contributed by atoms with Crippen LogP contribution in [0.15, 0.2) is 36.4 Å². The molecule has 1 aromatic carbocycles. The molecule has 1 aliphatic carbocycles. The molecule has 0 bridgehead atoms. The fourth-order valence-corrected chi connectivity index (χ4v) is 2.92. The topological polar surface area (TPSA) is 49.3 Å². The third kappa shape index (κ3) is 5.51. The molecule has 0 saturated carbocycles. The SMILES string of the molecule is CC(C)(C)c1ccc(CCCC(=O)N[C@@H]2C=C[C@H](CO)C2)cc1. The molecule has 1 amide bonds. The minimum atomic E-state index is 0.0886. The Kier molecular flexibility index (Phi) is 6.00. The van der Waals surface area contributed by atoms with E-state index in [0.717, 1.165) is 19.3 Å². The first-order chi connectivity index (χ1) is 10.9. The maximum atomic E-state index is 12.0. The summed E-state index contributed by atoms with van der Waals surface area (Å²) in [7, 11) is 0. The second-order valence-electron chi connectivity index (χ2n) is 7.54. The van der Waals surface area contributed by atoms with Crippen LogP contribution in [0.3, 0.4) is 0 Å². The van der Waals surface area contributed by atoms with Crippen LogP contribution in [0.5, 0.6) is 0 Å². The van der Waals surface area contributed by atoms with Crippen LogP contribution >= 0.6 is 0 Å². The van der Waals surface area contributed by atoms with Gasteiger partial charge in [-0.25, -0.2) is 0 Å². The lowest BCUT2D eigenvalue weighted by atomic mass is 9.86. The highest BCUT2D eigenvalue weighted by molar-refractivity contribution is 5.76. The second kappa shape index (κ2) is 7.78. The third-order valence-electron chi connectivity index (χ3n) is 4.44. The Labute approximate surface area is 139 Å². The largest absolute Gasteiger partial charge is 0.396 e. The van der Waals surface area contributed by atoms with Crippen molar-refractivity contribution in [2.45, 2.75) is 57.9 Å². The number of hydrogen-bond acceptors (Lipinski definition) is 2. The van der Waals surface area contributed by atoms with Crippen molar-refractivity contribution in [3.05, 3.63) is 47.5 Å². The maximum absolute atomic E-state index is 12.0. The summed E-state index contributed by atoms with van der Waals surface area (Å²) in [6.07, 6.45) is 7.13. The lowest BCUT2D eigenvalue weighted by molar-refractivity contribution is -0.121. The molecular formula is C20H29NO2. The third-order valence-corrected chi connectivity index (χ3v) is 4.44. The highest BCUT2D eigenvalue weighted by Crippen LogP contribution is 2.22. The van der Waals surface area contributed by atoms with Gasteiger partial charge in [-0.15, -0.1) is 0 Å². The molecule has 0 aliphatic heterocycles. The molecule has 0 radical (unpaired) electrons. The minimum Gasteiger partial charge on any atom is -0.396 e. The Hall–Kier alpha value is -1.61. The average Bonchev–Trinajstić information content (AvgIpc) is 2.94. The summed E-state index contributed by atoms with van der Waals surface area (Å²) in [5, 5.41) is 12.1. The molecule has 0 heterocycles. The number of amides is 1. The van der Waals surface area contributed by atoms with Crippen molar-refractivity contribution in [3.63, 3.8) is 0 Å². The monoisotopic (exact) mass is 315 g/mol. The van der Waals surface area contributed by atoms with E-state index in [-0.39, 0.29) is 29.9 Å². The van der Waals surface area contributed by atoms with E-state index in [1.54, 1.807) is 0 Å². The zero-order valence-electron chi connectivity index (χ0n) is 14.5. The molecule has 0 unspecified atom stereocenters. The summed E-state index contributed by atoms with van der Waals surface area (Å²) < 4.78 is 0. The first-order valence-corrected chi connectivity index (χ1v) is 8.56. The summed E-state index contributed by atoms with van der Waals surface area (Å²) in [6.45, 7) is 6.80. The standard InChI is InChI=1S/C20H29NO2/c1-20(2,3)17-10-7-15(8-11-17)5-4-6-19(23)21-18-12-9-16(13-18)14-22/h7-12,16,18,22H,4-6,13-14H2,1-3H3,(H,21,23)/t16-,18+/m0/s1. The van der Waals surface area contributed by atoms with Crippen LogP contribution in [0.4, 0.5) is 0 Å². The Morgan fingerprint density at radius 2 is 1.91 bits per heavy atom. The molecule has 2 rings (SSSR count). The number of carbonyl (C=O) groups is 1. The zero-order chi connectivity index (χ0) is 16.9. The van der Waals surface area contributed by atoms with Crippen LogP contribution < -0.4 is 5.32 Å². The van der Waals surface area contributed by atoms with Gasteiger partial charge in [-0.3, -0.25) is 4.79 Å². The predicted octanol–water partition coefficient (Wildman–Crippen LogP) is 3.36. The van der Waals surface area contributed by atoms with E-state index in [4.69, 9.17) is 5.11 Å². The van der Waals surface area contributed by atoms with E-state index in [1.165, 1.54) is 11.1 Å². The van der Waals surface area contributed by atoms with Crippen molar-refractivity contribution in [3.8, 4) is 0 Å². The predicted molar refractivity (Wildman–Crippen MR) is 94.3 cm³/mol. The van der Waals surface area contributed by atoms with Crippen molar-refractivity contribution in [1.82, 2.24) is 5.32 Å². The molecule has 1 aliphatic rings. The molecule has 2 N–H and O–H groups in total. The highest BCUT2D eigenvalue weighted by Gasteiger charge is 2.19. The molecule has 2 atom stereocenters. The Morgan fingerprint density at radius 1 is 1.22 bits per heavy atom. The quantitative estimate of drug-likeness (QED) is 0.791. The summed E-state index contributed by atoms with van der Waals surface area (Å²) >= 11 is 0. The van der Waals surface area contributed by atoms with Gasteiger partial charge in [0, 0.05) is 25.0 Å². The summed E-state index contributed by atoms with van der Waals surface area (Å²) in [5.41, 5.74) is 2.80. The van der Waals surface area contributed by atoms with Gasteiger partial charge in [0.25, 0.3) is 0 Å². The van der Waals surface area contributed by atoms with Crippen LogP contribution in [0, 0.1) is 5.92 Å². The molecular weight excluding hydrogens is 286 g/mol. The first kappa shape index (κ1) is 17.7. The van der Waals surface area contributed by atoms with E-state index in [0.29, 0.717) is 6.42 Å². The van der Waals surface area contributed by atoms with Gasteiger partial charge in [0.1, 0.15) is 0 Å². The summed E-state index contributed by atoms with van der Waals surface area (Å²) in [6, 6.07) is 8.81. The molecule has 1 aromatic rings. The fraction of sp³-hybridized carbons (Fsp3) is 0.550.